The number of phenols is 1. The Hall–Kier alpha value is -2.83. The Morgan fingerprint density at radius 1 is 1.24 bits per heavy atom. The maximum Gasteiger partial charge on any atom is 0.273 e. The normalized spacial score (nSPS) is 15.8. The molecule has 1 aromatic heterocycles. The molecular formula is C22H22ClN3O3. The van der Waals surface area contributed by atoms with Crippen LogP contribution in [0.2, 0.25) is 5.02 Å². The van der Waals surface area contributed by atoms with Crippen molar-refractivity contribution >= 4 is 17.5 Å². The van der Waals surface area contributed by atoms with Crippen molar-refractivity contribution in [2.45, 2.75) is 26.3 Å². The van der Waals surface area contributed by atoms with E-state index in [1.807, 2.05) is 31.2 Å². The van der Waals surface area contributed by atoms with Crippen molar-refractivity contribution in [2.75, 3.05) is 13.2 Å². The standard InChI is InChI=1S/C22H22ClN3O3/c1-3-13-4-6-14(7-5-13)21-18-19(15-11-16(23)12(2)10-17(15)28)24-25-20(18)22(29)26(21)8-9-27/h4-7,10-11,21,27-28H,3,8-9H2,1-2H3,(H,24,25)/t21-/m1/s1. The number of aliphatic hydroxyl groups excluding tert-OH is 1. The molecule has 1 atom stereocenters. The monoisotopic (exact) mass is 411 g/mol. The third-order valence-corrected chi connectivity index (χ3v) is 5.85. The van der Waals surface area contributed by atoms with E-state index in [0.717, 1.165) is 17.5 Å². The lowest BCUT2D eigenvalue weighted by Crippen LogP contribution is -2.32. The molecule has 0 unspecified atom stereocenters. The highest BCUT2D eigenvalue weighted by atomic mass is 35.5. The molecule has 0 saturated heterocycles. The van der Waals surface area contributed by atoms with Crippen LogP contribution < -0.4 is 0 Å². The van der Waals surface area contributed by atoms with Crippen molar-refractivity contribution in [2.24, 2.45) is 0 Å². The zero-order valence-electron chi connectivity index (χ0n) is 16.2. The number of aliphatic hydroxyl groups is 1. The molecule has 29 heavy (non-hydrogen) atoms. The van der Waals surface area contributed by atoms with Gasteiger partial charge in [-0.1, -0.05) is 42.8 Å². The first kappa shape index (κ1) is 19.5. The number of halogens is 1. The highest BCUT2D eigenvalue weighted by Gasteiger charge is 2.42. The Morgan fingerprint density at radius 2 is 1.97 bits per heavy atom. The third-order valence-electron chi connectivity index (χ3n) is 5.44. The fourth-order valence-electron chi connectivity index (χ4n) is 3.88. The van der Waals surface area contributed by atoms with Gasteiger partial charge in [-0.25, -0.2) is 0 Å². The molecular weight excluding hydrogens is 390 g/mol. The topological polar surface area (TPSA) is 89.5 Å². The average molecular weight is 412 g/mol. The molecule has 0 saturated carbocycles. The van der Waals surface area contributed by atoms with Gasteiger partial charge in [0, 0.05) is 22.7 Å². The minimum atomic E-state index is -0.413. The summed E-state index contributed by atoms with van der Waals surface area (Å²) in [5, 5.41) is 27.7. The van der Waals surface area contributed by atoms with E-state index >= 15 is 0 Å². The van der Waals surface area contributed by atoms with Crippen LogP contribution >= 0.6 is 11.6 Å². The van der Waals surface area contributed by atoms with Crippen LogP contribution in [0.4, 0.5) is 0 Å². The van der Waals surface area contributed by atoms with Crippen molar-refractivity contribution in [3.8, 4) is 17.0 Å². The number of aromatic hydroxyl groups is 1. The summed E-state index contributed by atoms with van der Waals surface area (Å²) >= 11 is 6.29. The number of hydrogen-bond acceptors (Lipinski definition) is 4. The van der Waals surface area contributed by atoms with E-state index in [4.69, 9.17) is 11.6 Å². The van der Waals surface area contributed by atoms with Gasteiger partial charge in [0.1, 0.15) is 17.1 Å². The summed E-state index contributed by atoms with van der Waals surface area (Å²) in [6, 6.07) is 10.9. The Labute approximate surface area is 173 Å². The van der Waals surface area contributed by atoms with Crippen molar-refractivity contribution < 1.29 is 15.0 Å². The number of phenolic OH excluding ortho intramolecular Hbond substituents is 1. The summed E-state index contributed by atoms with van der Waals surface area (Å²) in [5.41, 5.74) is 4.87. The lowest BCUT2D eigenvalue weighted by molar-refractivity contribution is 0.0706. The molecule has 6 nitrogen and oxygen atoms in total. The number of nitrogens with one attached hydrogen (secondary N) is 1. The van der Waals surface area contributed by atoms with Gasteiger partial charge in [0.25, 0.3) is 5.91 Å². The molecule has 1 amide bonds. The van der Waals surface area contributed by atoms with Crippen molar-refractivity contribution in [1.29, 1.82) is 0 Å². The fourth-order valence-corrected chi connectivity index (χ4v) is 4.04. The van der Waals surface area contributed by atoms with Crippen LogP contribution in [0.5, 0.6) is 5.75 Å². The van der Waals surface area contributed by atoms with Gasteiger partial charge in [-0.05, 0) is 42.2 Å². The minimum Gasteiger partial charge on any atom is -0.507 e. The molecule has 150 valence electrons. The fraction of sp³-hybridized carbons (Fsp3) is 0.273. The van der Waals surface area contributed by atoms with Gasteiger partial charge in [0.2, 0.25) is 0 Å². The van der Waals surface area contributed by atoms with E-state index in [2.05, 4.69) is 17.1 Å². The number of carbonyl (C=O) groups is 1. The van der Waals surface area contributed by atoms with Gasteiger partial charge in [-0.15, -0.1) is 0 Å². The summed E-state index contributed by atoms with van der Waals surface area (Å²) in [5.74, 6) is -0.176. The smallest absolute Gasteiger partial charge is 0.273 e. The van der Waals surface area contributed by atoms with Crippen LogP contribution in [0, 0.1) is 6.92 Å². The first-order valence-corrected chi connectivity index (χ1v) is 9.92. The molecule has 0 fully saturated rings. The molecule has 0 bridgehead atoms. The predicted octanol–water partition coefficient (Wildman–Crippen LogP) is 3.84. The van der Waals surface area contributed by atoms with Gasteiger partial charge in [0.05, 0.1) is 12.6 Å². The summed E-state index contributed by atoms with van der Waals surface area (Å²) in [4.78, 5) is 14.6. The summed E-state index contributed by atoms with van der Waals surface area (Å²) in [6.07, 6.45) is 0.919. The van der Waals surface area contributed by atoms with E-state index in [9.17, 15) is 15.0 Å². The summed E-state index contributed by atoms with van der Waals surface area (Å²) in [7, 11) is 0. The number of aromatic nitrogens is 2. The molecule has 2 aromatic carbocycles. The molecule has 3 N–H and O–H groups in total. The van der Waals surface area contributed by atoms with Gasteiger partial charge >= 0.3 is 0 Å². The van der Waals surface area contributed by atoms with Gasteiger partial charge in [-0.2, -0.15) is 5.10 Å². The van der Waals surface area contributed by atoms with Gasteiger partial charge in [-0.3, -0.25) is 9.89 Å². The van der Waals surface area contributed by atoms with Crippen LogP contribution in [0.25, 0.3) is 11.3 Å². The minimum absolute atomic E-state index is 0.0503. The second kappa shape index (κ2) is 7.54. The number of hydrogen-bond donors (Lipinski definition) is 3. The Kier molecular flexibility index (Phi) is 5.06. The van der Waals surface area contributed by atoms with E-state index in [1.54, 1.807) is 17.0 Å². The van der Waals surface area contributed by atoms with Crippen LogP contribution in [0.3, 0.4) is 0 Å². The Morgan fingerprint density at radius 3 is 2.62 bits per heavy atom. The maximum atomic E-state index is 13.0. The predicted molar refractivity (Wildman–Crippen MR) is 111 cm³/mol. The van der Waals surface area contributed by atoms with Gasteiger partial charge in [0.15, 0.2) is 0 Å². The Bertz CT molecular complexity index is 1080. The van der Waals surface area contributed by atoms with Crippen molar-refractivity contribution in [1.82, 2.24) is 15.1 Å². The first-order chi connectivity index (χ1) is 14.0. The highest BCUT2D eigenvalue weighted by molar-refractivity contribution is 6.31. The number of rotatable bonds is 5. The number of benzene rings is 2. The molecule has 0 spiro atoms. The van der Waals surface area contributed by atoms with Crippen molar-refractivity contribution in [3.05, 3.63) is 69.4 Å². The molecule has 7 heteroatoms. The molecule has 1 aliphatic heterocycles. The second-order valence-electron chi connectivity index (χ2n) is 7.20. The van der Waals surface area contributed by atoms with Gasteiger partial charge < -0.3 is 15.1 Å². The van der Waals surface area contributed by atoms with Crippen LogP contribution in [0.1, 0.15) is 45.7 Å². The number of amides is 1. The average Bonchev–Trinajstić information content (AvgIpc) is 3.25. The van der Waals surface area contributed by atoms with E-state index < -0.39 is 6.04 Å². The quantitative estimate of drug-likeness (QED) is 0.595. The maximum absolute atomic E-state index is 13.0. The number of aromatic amines is 1. The number of fused-ring (bicyclic) bond motifs is 1. The molecule has 1 aliphatic rings. The van der Waals surface area contributed by atoms with Crippen molar-refractivity contribution in [3.63, 3.8) is 0 Å². The largest absolute Gasteiger partial charge is 0.507 e. The molecule has 0 aliphatic carbocycles. The van der Waals surface area contributed by atoms with Crippen LogP contribution in [-0.4, -0.2) is 44.4 Å². The Balaban J connectivity index is 1.90. The zero-order valence-corrected chi connectivity index (χ0v) is 17.0. The molecule has 4 rings (SSSR count). The van der Waals surface area contributed by atoms with E-state index in [0.29, 0.717) is 27.5 Å². The zero-order chi connectivity index (χ0) is 20.7. The number of H-pyrrole nitrogens is 1. The van der Waals surface area contributed by atoms with E-state index in [1.165, 1.54) is 5.56 Å². The summed E-state index contributed by atoms with van der Waals surface area (Å²) in [6.45, 7) is 3.94. The second-order valence-corrected chi connectivity index (χ2v) is 7.61. The number of carbonyl (C=O) groups excluding carboxylic acids is 1. The molecule has 0 radical (unpaired) electrons. The molecule has 2 heterocycles. The summed E-state index contributed by atoms with van der Waals surface area (Å²) < 4.78 is 0. The highest BCUT2D eigenvalue weighted by Crippen LogP contribution is 2.45. The number of nitrogens with zero attached hydrogens (tertiary/aromatic N) is 2. The number of aryl methyl sites for hydroxylation is 2. The third kappa shape index (κ3) is 3.18. The first-order valence-electron chi connectivity index (χ1n) is 9.54. The lowest BCUT2D eigenvalue weighted by Gasteiger charge is -2.26. The van der Waals surface area contributed by atoms with Crippen LogP contribution in [-0.2, 0) is 6.42 Å². The van der Waals surface area contributed by atoms with E-state index in [-0.39, 0.29) is 24.8 Å². The number of β-amino-alcohol motifs (C(OH)–C–C–N with tert-alkyl or cyclic N) is 1. The lowest BCUT2D eigenvalue weighted by atomic mass is 9.94. The van der Waals surface area contributed by atoms with Crippen LogP contribution in [0.15, 0.2) is 36.4 Å². The SMILES string of the molecule is CCc1ccc([C@@H]2c3c(-c4cc(Cl)c(C)cc4O)n[nH]c3C(=O)N2CCO)cc1. The molecule has 3 aromatic rings.